The molecule has 0 unspecified atom stereocenters. The summed E-state index contributed by atoms with van der Waals surface area (Å²) >= 11 is 0. The molecule has 8 rings (SSSR count). The van der Waals surface area contributed by atoms with Crippen molar-refractivity contribution in [3.63, 3.8) is 0 Å². The van der Waals surface area contributed by atoms with Crippen molar-refractivity contribution < 1.29 is 0 Å². The second-order valence-electron chi connectivity index (χ2n) is 13.6. The van der Waals surface area contributed by atoms with Gasteiger partial charge in [0.05, 0.1) is 27.8 Å². The number of anilines is 2. The second kappa shape index (κ2) is 12.8. The fourth-order valence-electron chi connectivity index (χ4n) is 7.13. The molecule has 0 amide bonds. The summed E-state index contributed by atoms with van der Waals surface area (Å²) in [5.41, 5.74) is 13.4. The van der Waals surface area contributed by atoms with Gasteiger partial charge in [-0.25, -0.2) is 9.97 Å². The van der Waals surface area contributed by atoms with Gasteiger partial charge in [-0.2, -0.15) is 0 Å². The summed E-state index contributed by atoms with van der Waals surface area (Å²) in [5.74, 6) is 2.58. The fraction of sp³-hybridized carbons (Fsp3) is 0.156. The fourth-order valence-corrected chi connectivity index (χ4v) is 7.13. The normalized spacial score (nSPS) is 11.7. The molecule has 0 N–H and O–H groups in total. The summed E-state index contributed by atoms with van der Waals surface area (Å²) in [4.78, 5) is 12.6. The Kier molecular flexibility index (Phi) is 8.04. The lowest BCUT2D eigenvalue weighted by atomic mass is 9.92. The van der Waals surface area contributed by atoms with Gasteiger partial charge in [0, 0.05) is 35.2 Å². The van der Waals surface area contributed by atoms with Crippen molar-refractivity contribution in [1.29, 1.82) is 0 Å². The number of benzene rings is 6. The minimum atomic E-state index is 0.359. The highest BCUT2D eigenvalue weighted by molar-refractivity contribution is 5.86. The molecule has 0 bridgehead atoms. The Morgan fingerprint density at radius 3 is 1.48 bits per heavy atom. The summed E-state index contributed by atoms with van der Waals surface area (Å²) in [5, 5.41) is 0. The number of hydrogen-bond acceptors (Lipinski definition) is 3. The highest BCUT2D eigenvalue weighted by atomic mass is 15.1. The topological polar surface area (TPSA) is 38.9 Å². The van der Waals surface area contributed by atoms with Gasteiger partial charge < -0.3 is 4.90 Å². The molecule has 50 heavy (non-hydrogen) atoms. The first kappa shape index (κ1) is 31.3. The molecule has 0 spiro atoms. The van der Waals surface area contributed by atoms with Crippen LogP contribution in [0.5, 0.6) is 0 Å². The number of para-hydroxylation sites is 6. The molecule has 0 fully saturated rings. The zero-order valence-corrected chi connectivity index (χ0v) is 29.2. The van der Waals surface area contributed by atoms with Crippen LogP contribution in [0.2, 0.25) is 0 Å². The maximum atomic E-state index is 5.28. The predicted octanol–water partition coefficient (Wildman–Crippen LogP) is 11.7. The summed E-state index contributed by atoms with van der Waals surface area (Å²) < 4.78 is 4.65. The third-order valence-electron chi connectivity index (χ3n) is 9.69. The van der Waals surface area contributed by atoms with Crippen molar-refractivity contribution in [2.24, 2.45) is 0 Å². The van der Waals surface area contributed by atoms with Crippen LogP contribution in [0.15, 0.2) is 146 Å². The van der Waals surface area contributed by atoms with Crippen molar-refractivity contribution in [3.8, 4) is 34.2 Å². The zero-order chi connectivity index (χ0) is 34.4. The maximum Gasteiger partial charge on any atom is 0.145 e. The van der Waals surface area contributed by atoms with Crippen LogP contribution in [0.4, 0.5) is 11.4 Å². The molecule has 0 atom stereocenters. The van der Waals surface area contributed by atoms with Gasteiger partial charge in [0.15, 0.2) is 0 Å². The minimum absolute atomic E-state index is 0.359. The quantitative estimate of drug-likeness (QED) is 0.164. The van der Waals surface area contributed by atoms with Gasteiger partial charge in [-0.3, -0.25) is 9.13 Å². The Labute approximate surface area is 294 Å². The van der Waals surface area contributed by atoms with Gasteiger partial charge in [0.2, 0.25) is 0 Å². The monoisotopic (exact) mass is 651 g/mol. The second-order valence-corrected chi connectivity index (χ2v) is 13.6. The third kappa shape index (κ3) is 5.45. The Morgan fingerprint density at radius 2 is 0.940 bits per heavy atom. The number of fused-ring (bicyclic) bond motifs is 2. The van der Waals surface area contributed by atoms with E-state index in [0.717, 1.165) is 61.9 Å². The maximum absolute atomic E-state index is 5.28. The lowest BCUT2D eigenvalue weighted by molar-refractivity contribution is 0.811. The van der Waals surface area contributed by atoms with Crippen molar-refractivity contribution in [3.05, 3.63) is 157 Å². The van der Waals surface area contributed by atoms with E-state index in [9.17, 15) is 0 Å². The van der Waals surface area contributed by atoms with Crippen LogP contribution in [-0.2, 0) is 0 Å². The lowest BCUT2D eigenvalue weighted by Gasteiger charge is -2.23. The molecule has 0 aliphatic rings. The van der Waals surface area contributed by atoms with E-state index >= 15 is 0 Å². The van der Waals surface area contributed by atoms with Crippen LogP contribution in [0, 0.1) is 0 Å². The molecule has 5 nitrogen and oxygen atoms in total. The van der Waals surface area contributed by atoms with Crippen LogP contribution in [-0.4, -0.2) is 26.1 Å². The van der Waals surface area contributed by atoms with Crippen LogP contribution in [0.1, 0.15) is 50.7 Å². The van der Waals surface area contributed by atoms with Gasteiger partial charge in [-0.15, -0.1) is 0 Å². The molecule has 5 heteroatoms. The van der Waals surface area contributed by atoms with Gasteiger partial charge in [-0.1, -0.05) is 113 Å². The first-order valence-corrected chi connectivity index (χ1v) is 17.5. The SMILES string of the molecule is CC(C)c1cccc(C(C)C)c1-n1c(-c2cccc(N(C)c3cccc(-c4nc5ccccc5n4-c4ccccc4)c3)c2)nc2ccccc21. The molecular weight excluding hydrogens is 611 g/mol. The Balaban J connectivity index is 1.24. The molecule has 0 aliphatic carbocycles. The molecule has 8 aromatic rings. The first-order chi connectivity index (χ1) is 24.4. The Hall–Kier alpha value is -5.94. The number of hydrogen-bond donors (Lipinski definition) is 0. The number of aromatic nitrogens is 4. The number of rotatable bonds is 8. The highest BCUT2D eigenvalue weighted by Gasteiger charge is 2.22. The molecule has 0 aliphatic heterocycles. The van der Waals surface area contributed by atoms with Crippen LogP contribution < -0.4 is 4.90 Å². The van der Waals surface area contributed by atoms with Crippen LogP contribution in [0.3, 0.4) is 0 Å². The predicted molar refractivity (Wildman–Crippen MR) is 209 cm³/mol. The van der Waals surface area contributed by atoms with E-state index in [4.69, 9.17) is 9.97 Å². The Bertz CT molecular complexity index is 2440. The van der Waals surface area contributed by atoms with Crippen LogP contribution in [0.25, 0.3) is 56.2 Å². The van der Waals surface area contributed by atoms with Crippen LogP contribution >= 0.6 is 0 Å². The number of imidazole rings is 2. The summed E-state index contributed by atoms with van der Waals surface area (Å²) in [6, 6.07) is 51.5. The third-order valence-corrected chi connectivity index (χ3v) is 9.69. The van der Waals surface area contributed by atoms with E-state index < -0.39 is 0 Å². The van der Waals surface area contributed by atoms with E-state index in [2.05, 4.69) is 182 Å². The number of nitrogens with zero attached hydrogens (tertiary/aromatic N) is 5. The standard InChI is InChI=1S/C45H41N5/c1-30(2)37-22-15-23-38(31(3)4)43(37)50-42-27-12-10-25-40(42)47-45(50)33-17-14-21-36(29-33)48(5)35-20-13-16-32(28-35)44-46-39-24-9-11-26-41(39)49(44)34-18-7-6-8-19-34/h6-31H,1-5H3. The van der Waals surface area contributed by atoms with E-state index in [-0.39, 0.29) is 0 Å². The minimum Gasteiger partial charge on any atom is -0.345 e. The summed E-state index contributed by atoms with van der Waals surface area (Å²) in [6.07, 6.45) is 0. The molecule has 246 valence electrons. The van der Waals surface area contributed by atoms with Gasteiger partial charge >= 0.3 is 0 Å². The molecule has 2 aromatic heterocycles. The molecule has 2 heterocycles. The lowest BCUT2D eigenvalue weighted by Crippen LogP contribution is -2.10. The van der Waals surface area contributed by atoms with Gasteiger partial charge in [0.1, 0.15) is 11.6 Å². The summed E-state index contributed by atoms with van der Waals surface area (Å²) in [6.45, 7) is 9.11. The van der Waals surface area contributed by atoms with E-state index in [1.807, 2.05) is 12.1 Å². The molecule has 0 saturated carbocycles. The van der Waals surface area contributed by atoms with Gasteiger partial charge in [0.25, 0.3) is 0 Å². The molecular formula is C45H41N5. The highest BCUT2D eigenvalue weighted by Crippen LogP contribution is 2.39. The molecule has 0 saturated heterocycles. The largest absolute Gasteiger partial charge is 0.345 e. The average Bonchev–Trinajstić information content (AvgIpc) is 3.74. The van der Waals surface area contributed by atoms with Crippen molar-refractivity contribution >= 4 is 33.4 Å². The van der Waals surface area contributed by atoms with Crippen molar-refractivity contribution in [2.45, 2.75) is 39.5 Å². The molecule has 6 aromatic carbocycles. The average molecular weight is 652 g/mol. The zero-order valence-electron chi connectivity index (χ0n) is 29.2. The smallest absolute Gasteiger partial charge is 0.145 e. The van der Waals surface area contributed by atoms with E-state index in [1.165, 1.54) is 16.8 Å². The van der Waals surface area contributed by atoms with Gasteiger partial charge in [-0.05, 0) is 83.6 Å². The van der Waals surface area contributed by atoms with Crippen molar-refractivity contribution in [1.82, 2.24) is 19.1 Å². The summed E-state index contributed by atoms with van der Waals surface area (Å²) in [7, 11) is 2.13. The van der Waals surface area contributed by atoms with Crippen molar-refractivity contribution in [2.75, 3.05) is 11.9 Å². The van der Waals surface area contributed by atoms with E-state index in [1.54, 1.807) is 0 Å². The Morgan fingerprint density at radius 1 is 0.480 bits per heavy atom. The van der Waals surface area contributed by atoms with E-state index in [0.29, 0.717) is 11.8 Å². The first-order valence-electron chi connectivity index (χ1n) is 17.5. The molecule has 0 radical (unpaired) electrons.